The number of anilines is 4. The molecule has 6 aromatic rings. The van der Waals surface area contributed by atoms with E-state index >= 15 is 35.6 Å². The Balaban J connectivity index is 1.40. The number of aromatic nitrogens is 4. The van der Waals surface area contributed by atoms with Gasteiger partial charge >= 0.3 is 0 Å². The molecule has 2 amide bonds. The fourth-order valence-corrected chi connectivity index (χ4v) is 11.5. The zero-order valence-corrected chi connectivity index (χ0v) is 48.2. The van der Waals surface area contributed by atoms with Gasteiger partial charge in [0.15, 0.2) is 10.1 Å². The maximum atomic E-state index is 16.4. The minimum Gasteiger partial charge on any atom is -0.497 e. The maximum absolute atomic E-state index is 16.4. The van der Waals surface area contributed by atoms with Crippen molar-refractivity contribution in [3.63, 3.8) is 0 Å². The minimum absolute atomic E-state index is 0.00870. The SMILES string of the molecule is COc1ccc(CN(Cc2ccc(OC)cc2OC)S(=O)(=O)c2cc(N(C(=O)c3cc(C)c(C)nc3N3CCCC(F)(F)CC3)N(C(=O)c3cc(C)c(C)nc3N3CCCC(F)(F)CC3)c3ccnc(S(N)(=O)=O)c3)ccn2)c(OC)c1. The number of sulfonamides is 2. The number of halogens is 4. The van der Waals surface area contributed by atoms with Crippen LogP contribution in [-0.2, 0) is 33.1 Å². The molecule has 2 aromatic carbocycles. The second-order valence-electron chi connectivity index (χ2n) is 20.0. The Labute approximate surface area is 473 Å². The second-order valence-corrected chi connectivity index (χ2v) is 23.4. The standard InChI is InChI=1S/C56H64F4N10O10S2/c1-35-27-45(51(64-37(35)3)66-23-9-17-55(57,58)19-25-66)53(71)69(41-15-21-62-49(29-41)81(61,73)74)70(54(72)46-28-36(2)38(4)65-52(46)67-24-10-18-56(59,60)20-26-67)42-16-22-63-50(30-42)82(75,76)68(33-39-11-13-43(77-5)31-47(39)79-7)34-40-12-14-44(78-6)32-48(40)80-8/h11-16,21-22,27-32H,9-10,17-20,23-26,33-34H2,1-8H3,(H2,61,73,74). The first-order valence-corrected chi connectivity index (χ1v) is 29.0. The highest BCUT2D eigenvalue weighted by Crippen LogP contribution is 2.39. The number of amides is 2. The molecule has 0 spiro atoms. The Morgan fingerprint density at radius 2 is 0.988 bits per heavy atom. The van der Waals surface area contributed by atoms with E-state index in [1.165, 1.54) is 62.5 Å². The second kappa shape index (κ2) is 24.4. The molecule has 20 nitrogen and oxygen atoms in total. The Kier molecular flexibility index (Phi) is 18.0. The van der Waals surface area contributed by atoms with Gasteiger partial charge in [0.25, 0.3) is 31.9 Å². The summed E-state index contributed by atoms with van der Waals surface area (Å²) in [4.78, 5) is 53.6. The van der Waals surface area contributed by atoms with Gasteiger partial charge in [-0.1, -0.05) is 12.1 Å². The third kappa shape index (κ3) is 13.3. The number of carbonyl (C=O) groups excluding carboxylic acids is 2. The molecule has 0 unspecified atom stereocenters. The number of nitrogens with two attached hydrogens (primary N) is 1. The molecule has 6 heterocycles. The average Bonchev–Trinajstić information content (AvgIpc) is 3.47. The lowest BCUT2D eigenvalue weighted by Crippen LogP contribution is -2.52. The van der Waals surface area contributed by atoms with Crippen molar-refractivity contribution in [2.45, 2.75) is 101 Å². The molecule has 2 aliphatic heterocycles. The topological polar surface area (TPSA) is 233 Å². The fraction of sp³-hybridized carbons (Fsp3) is 0.393. The van der Waals surface area contributed by atoms with Crippen LogP contribution in [0.1, 0.15) is 92.9 Å². The largest absolute Gasteiger partial charge is 0.497 e. The van der Waals surface area contributed by atoms with E-state index in [-0.39, 0.29) is 97.7 Å². The van der Waals surface area contributed by atoms with E-state index in [9.17, 15) is 8.42 Å². The average molecular weight is 1180 g/mol. The number of carbonyl (C=O) groups is 2. The summed E-state index contributed by atoms with van der Waals surface area (Å²) in [5.41, 5.74) is 1.38. The molecule has 438 valence electrons. The summed E-state index contributed by atoms with van der Waals surface area (Å²) < 4.78 is 141. The van der Waals surface area contributed by atoms with E-state index in [4.69, 9.17) is 34.1 Å². The molecule has 0 radical (unpaired) electrons. The number of aryl methyl sites for hydroxylation is 4. The number of hydrogen-bond donors (Lipinski definition) is 1. The van der Waals surface area contributed by atoms with Gasteiger partial charge in [0, 0.05) is 124 Å². The summed E-state index contributed by atoms with van der Waals surface area (Å²) in [6, 6.07) is 17.0. The van der Waals surface area contributed by atoms with Crippen LogP contribution in [-0.4, -0.2) is 119 Å². The zero-order chi connectivity index (χ0) is 59.5. The lowest BCUT2D eigenvalue weighted by atomic mass is 10.1. The molecule has 26 heteroatoms. The zero-order valence-electron chi connectivity index (χ0n) is 46.6. The smallest absolute Gasteiger partial charge is 0.281 e. The van der Waals surface area contributed by atoms with Gasteiger partial charge in [-0.15, -0.1) is 0 Å². The Morgan fingerprint density at radius 3 is 1.39 bits per heavy atom. The highest BCUT2D eigenvalue weighted by Gasteiger charge is 2.40. The molecule has 0 bridgehead atoms. The van der Waals surface area contributed by atoms with Crippen LogP contribution in [0.5, 0.6) is 23.0 Å². The van der Waals surface area contributed by atoms with Crippen molar-refractivity contribution in [3.8, 4) is 23.0 Å². The van der Waals surface area contributed by atoms with Gasteiger partial charge in [0.1, 0.15) is 34.6 Å². The van der Waals surface area contributed by atoms with Gasteiger partial charge in [-0.25, -0.2) is 69.5 Å². The number of nitrogens with zero attached hydrogens (tertiary/aromatic N) is 9. The van der Waals surface area contributed by atoms with E-state index in [2.05, 4.69) is 9.97 Å². The molecular formula is C56H64F4N10O10S2. The van der Waals surface area contributed by atoms with Gasteiger partial charge in [-0.3, -0.25) is 9.59 Å². The van der Waals surface area contributed by atoms with Crippen molar-refractivity contribution < 1.29 is 62.9 Å². The van der Waals surface area contributed by atoms with E-state index in [1.807, 2.05) is 0 Å². The number of methoxy groups -OCH3 is 4. The van der Waals surface area contributed by atoms with Crippen LogP contribution >= 0.6 is 0 Å². The maximum Gasteiger partial charge on any atom is 0.281 e. The summed E-state index contributed by atoms with van der Waals surface area (Å²) in [5, 5.41) is 5.82. The van der Waals surface area contributed by atoms with Gasteiger partial charge < -0.3 is 28.7 Å². The minimum atomic E-state index is -4.88. The molecule has 4 aromatic heterocycles. The number of hydrazine groups is 1. The Morgan fingerprint density at radius 1 is 0.573 bits per heavy atom. The van der Waals surface area contributed by atoms with Crippen molar-refractivity contribution >= 4 is 54.9 Å². The third-order valence-electron chi connectivity index (χ3n) is 14.5. The normalized spacial score (nSPS) is 15.5. The van der Waals surface area contributed by atoms with E-state index in [0.717, 1.165) is 38.8 Å². The monoisotopic (exact) mass is 1180 g/mol. The Hall–Kier alpha value is -7.68. The summed E-state index contributed by atoms with van der Waals surface area (Å²) >= 11 is 0. The molecular weight excluding hydrogens is 1110 g/mol. The summed E-state index contributed by atoms with van der Waals surface area (Å²) in [5.74, 6) is -6.96. The molecule has 2 N–H and O–H groups in total. The van der Waals surface area contributed by atoms with Crippen LogP contribution in [0.3, 0.4) is 0 Å². The number of ether oxygens (including phenoxy) is 4. The predicted octanol–water partition coefficient (Wildman–Crippen LogP) is 8.73. The molecule has 2 saturated heterocycles. The number of pyridine rings is 4. The van der Waals surface area contributed by atoms with Crippen LogP contribution < -0.4 is 43.9 Å². The van der Waals surface area contributed by atoms with Crippen molar-refractivity contribution in [2.24, 2.45) is 5.14 Å². The predicted molar refractivity (Wildman–Crippen MR) is 298 cm³/mol. The van der Waals surface area contributed by atoms with E-state index < -0.39 is 79.4 Å². The van der Waals surface area contributed by atoms with Gasteiger partial charge in [-0.2, -0.15) is 4.31 Å². The van der Waals surface area contributed by atoms with Crippen LogP contribution in [0.2, 0.25) is 0 Å². The Bertz CT molecular complexity index is 3560. The lowest BCUT2D eigenvalue weighted by molar-refractivity contribution is -0.0109. The van der Waals surface area contributed by atoms with Gasteiger partial charge in [-0.05, 0) is 88.1 Å². The van der Waals surface area contributed by atoms with Crippen molar-refractivity contribution in [1.29, 1.82) is 0 Å². The first-order chi connectivity index (χ1) is 38.8. The first-order valence-electron chi connectivity index (χ1n) is 26.1. The fourth-order valence-electron chi connectivity index (χ4n) is 9.67. The molecule has 0 saturated carbocycles. The van der Waals surface area contributed by atoms with E-state index in [1.54, 1.807) is 64.1 Å². The number of benzene rings is 2. The molecule has 0 aliphatic carbocycles. The highest BCUT2D eigenvalue weighted by atomic mass is 32.2. The molecule has 8 rings (SSSR count). The van der Waals surface area contributed by atoms with Crippen molar-refractivity contribution in [3.05, 3.63) is 130 Å². The van der Waals surface area contributed by atoms with Crippen molar-refractivity contribution in [2.75, 3.05) is 74.4 Å². The molecule has 82 heavy (non-hydrogen) atoms. The number of alkyl halides is 4. The third-order valence-corrected chi connectivity index (χ3v) is 17.0. The van der Waals surface area contributed by atoms with Crippen LogP contribution in [0, 0.1) is 27.7 Å². The van der Waals surface area contributed by atoms with Crippen LogP contribution in [0.4, 0.5) is 40.6 Å². The summed E-state index contributed by atoms with van der Waals surface area (Å²) in [7, 11) is -3.81. The summed E-state index contributed by atoms with van der Waals surface area (Å²) in [6.07, 6.45) is 0.0798. The number of hydrogen-bond acceptors (Lipinski definition) is 16. The van der Waals surface area contributed by atoms with Crippen LogP contribution in [0.25, 0.3) is 0 Å². The number of rotatable bonds is 17. The van der Waals surface area contributed by atoms with Crippen LogP contribution in [0.15, 0.2) is 95.2 Å². The van der Waals surface area contributed by atoms with E-state index in [0.29, 0.717) is 45.1 Å². The van der Waals surface area contributed by atoms with Gasteiger partial charge in [0.2, 0.25) is 11.8 Å². The first kappa shape index (κ1) is 60.4. The van der Waals surface area contributed by atoms with Gasteiger partial charge in [0.05, 0.1) is 50.9 Å². The lowest BCUT2D eigenvalue weighted by Gasteiger charge is -2.37. The quantitative estimate of drug-likeness (QED) is 0.0664. The molecule has 2 aliphatic rings. The molecule has 2 fully saturated rings. The molecule has 0 atom stereocenters. The number of primary sulfonamides is 1. The summed E-state index contributed by atoms with van der Waals surface area (Å²) in [6.45, 7) is 5.54. The van der Waals surface area contributed by atoms with Crippen molar-refractivity contribution in [1.82, 2.24) is 24.2 Å². The highest BCUT2D eigenvalue weighted by molar-refractivity contribution is 7.89.